The van der Waals surface area contributed by atoms with Crippen molar-refractivity contribution in [2.45, 2.75) is 25.2 Å². The summed E-state index contributed by atoms with van der Waals surface area (Å²) in [6.45, 7) is -5.17. The van der Waals surface area contributed by atoms with Gasteiger partial charge in [0.25, 0.3) is 7.82 Å². The Hall–Kier alpha value is 3.14. The van der Waals surface area contributed by atoms with E-state index in [0.29, 0.717) is 24.0 Å². The minimum Gasteiger partial charge on any atom is -0.790 e. The van der Waals surface area contributed by atoms with Gasteiger partial charge in [-0.05, 0) is 12.8 Å². The van der Waals surface area contributed by atoms with Crippen molar-refractivity contribution >= 4 is 51.2 Å². The van der Waals surface area contributed by atoms with E-state index in [1.165, 1.54) is 12.7 Å². The molecule has 23 heteroatoms. The summed E-state index contributed by atoms with van der Waals surface area (Å²) in [5, 5.41) is 0. The third kappa shape index (κ3) is 11.8. The van der Waals surface area contributed by atoms with E-state index in [1.807, 2.05) is 0 Å². The Kier molecular flexibility index (Phi) is 18.2. The van der Waals surface area contributed by atoms with Crippen LogP contribution in [0, 0.1) is 0 Å². The van der Waals surface area contributed by atoms with Gasteiger partial charge in [-0.3, -0.25) is 17.8 Å². The summed E-state index contributed by atoms with van der Waals surface area (Å²) >= 11 is 4.37. The number of imidazole rings is 1. The van der Waals surface area contributed by atoms with Gasteiger partial charge in [0, 0.05) is 0 Å². The number of anilines is 1. The van der Waals surface area contributed by atoms with Gasteiger partial charge >= 0.3 is 118 Å². The maximum Gasteiger partial charge on any atom is 1.00 e. The molecule has 0 aliphatic carbocycles. The average Bonchev–Trinajstić information content (AvgIpc) is 3.16. The molecule has 2 N–H and O–H groups in total. The minimum atomic E-state index is -5.95. The van der Waals surface area contributed by atoms with Gasteiger partial charge in [0.05, 0.1) is 26.9 Å². The first-order valence-corrected chi connectivity index (χ1v) is 13.1. The molecule has 0 aromatic carbocycles. The molecular formula is C10H12N5Na4O10P3S. The average molecular weight is 579 g/mol. The summed E-state index contributed by atoms with van der Waals surface area (Å²) in [7, 11) is -11.7. The summed E-state index contributed by atoms with van der Waals surface area (Å²) in [4.78, 5) is 55.9. The zero-order chi connectivity index (χ0) is 21.4. The van der Waals surface area contributed by atoms with Gasteiger partial charge in [-0.25, -0.2) is 15.0 Å². The van der Waals surface area contributed by atoms with Crippen LogP contribution in [0.5, 0.6) is 0 Å². The zero-order valence-electron chi connectivity index (χ0n) is 18.1. The second kappa shape index (κ2) is 15.7. The van der Waals surface area contributed by atoms with Crippen LogP contribution < -0.4 is 144 Å². The topological polar surface area (TPSA) is 233 Å². The first-order chi connectivity index (χ1) is 13.4. The first kappa shape index (κ1) is 38.3. The molecule has 15 nitrogen and oxygen atoms in total. The van der Waals surface area contributed by atoms with Crippen LogP contribution in [-0.4, -0.2) is 32.2 Å². The molecule has 0 spiro atoms. The van der Waals surface area contributed by atoms with E-state index in [4.69, 9.17) is 15.0 Å². The van der Waals surface area contributed by atoms with Gasteiger partial charge in [0.2, 0.25) is 0 Å². The van der Waals surface area contributed by atoms with E-state index in [0.717, 1.165) is 0 Å². The molecule has 2 unspecified atom stereocenters. The summed E-state index contributed by atoms with van der Waals surface area (Å²) in [5.41, 5.74) is 6.54. The van der Waals surface area contributed by atoms with Crippen molar-refractivity contribution in [3.63, 3.8) is 0 Å². The van der Waals surface area contributed by atoms with Crippen molar-refractivity contribution in [3.8, 4) is 0 Å². The van der Waals surface area contributed by atoms with E-state index < -0.39 is 41.3 Å². The molecule has 1 aliphatic heterocycles. The predicted molar refractivity (Wildman–Crippen MR) is 90.5 cm³/mol. The van der Waals surface area contributed by atoms with E-state index in [-0.39, 0.29) is 124 Å². The van der Waals surface area contributed by atoms with Gasteiger partial charge in [0.1, 0.15) is 24.8 Å². The number of ether oxygens (including phenoxy) is 1. The standard InChI is InChI=1S/C10H16N5O10P3S.4Na/c11-9-8-10(13-4-12-9)15(5-14-8)7-2-1-6(23-7)3-22-28(21,29)25-27(19,20)24-26(16,17)18;;;;/h4-7H,1-3H2,(H,19,20)(H,21,29)(H2,11,12,13)(H2,16,17,18);;;;/q;4*+1/p-4/t6-,7+,28?;;;;/m0..../s1. The number of hydrogen-bond donors (Lipinski definition) is 1. The van der Waals surface area contributed by atoms with Gasteiger partial charge < -0.3 is 39.1 Å². The van der Waals surface area contributed by atoms with Crippen LogP contribution in [-0.2, 0) is 38.8 Å². The van der Waals surface area contributed by atoms with Crippen LogP contribution in [0.15, 0.2) is 12.7 Å². The van der Waals surface area contributed by atoms with E-state index >= 15 is 0 Å². The zero-order valence-corrected chi connectivity index (χ0v) is 29.6. The summed E-state index contributed by atoms with van der Waals surface area (Å²) < 4.78 is 40.7. The largest absolute Gasteiger partial charge is 1.00 e. The molecule has 1 aliphatic rings. The van der Waals surface area contributed by atoms with Gasteiger partial charge in [-0.15, -0.1) is 0 Å². The van der Waals surface area contributed by atoms with Gasteiger partial charge in [0.15, 0.2) is 11.5 Å². The second-order valence-corrected chi connectivity index (χ2v) is 11.3. The fourth-order valence-corrected chi connectivity index (χ4v) is 6.35. The molecule has 0 saturated carbocycles. The Morgan fingerprint density at radius 2 is 1.73 bits per heavy atom. The molecule has 1 saturated heterocycles. The molecule has 33 heavy (non-hydrogen) atoms. The quantitative estimate of drug-likeness (QED) is 0.226. The fourth-order valence-electron chi connectivity index (χ4n) is 2.55. The molecule has 4 atom stereocenters. The van der Waals surface area contributed by atoms with Crippen LogP contribution >= 0.6 is 22.4 Å². The van der Waals surface area contributed by atoms with Crippen LogP contribution in [0.4, 0.5) is 5.82 Å². The maximum atomic E-state index is 11.9. The number of nitrogen functional groups attached to an aromatic ring is 1. The van der Waals surface area contributed by atoms with Gasteiger partial charge in [-0.1, -0.05) is 11.8 Å². The van der Waals surface area contributed by atoms with Crippen molar-refractivity contribution in [1.29, 1.82) is 0 Å². The molecule has 3 rings (SSSR count). The molecule has 0 radical (unpaired) electrons. The summed E-state index contributed by atoms with van der Waals surface area (Å²) in [5.74, 6) is 0.195. The number of fused-ring (bicyclic) bond motifs is 1. The number of hydrogen-bond acceptors (Lipinski definition) is 15. The Bertz CT molecular complexity index is 1060. The van der Waals surface area contributed by atoms with Crippen molar-refractivity contribution in [2.75, 3.05) is 12.3 Å². The Labute approximate surface area is 281 Å². The Morgan fingerprint density at radius 1 is 1.09 bits per heavy atom. The summed E-state index contributed by atoms with van der Waals surface area (Å²) in [6, 6.07) is 0. The van der Waals surface area contributed by atoms with Crippen molar-refractivity contribution < 1.29 is 165 Å². The molecule has 1 fully saturated rings. The maximum absolute atomic E-state index is 11.9. The molecule has 2 aromatic heterocycles. The molecule has 0 bridgehead atoms. The number of nitrogens with two attached hydrogens (primary N) is 1. The van der Waals surface area contributed by atoms with Crippen molar-refractivity contribution in [1.82, 2.24) is 19.5 Å². The van der Waals surface area contributed by atoms with Gasteiger partial charge in [-0.2, -0.15) is 0 Å². The molecule has 162 valence electrons. The van der Waals surface area contributed by atoms with E-state index in [9.17, 15) is 28.7 Å². The molecular weight excluding hydrogens is 567 g/mol. The fraction of sp³-hybridized carbons (Fsp3) is 0.500. The van der Waals surface area contributed by atoms with Crippen molar-refractivity contribution in [3.05, 3.63) is 12.7 Å². The number of rotatable bonds is 8. The second-order valence-electron chi connectivity index (χ2n) is 5.67. The Morgan fingerprint density at radius 3 is 2.33 bits per heavy atom. The minimum absolute atomic E-state index is 0. The van der Waals surface area contributed by atoms with E-state index in [1.54, 1.807) is 4.57 Å². The van der Waals surface area contributed by atoms with Crippen LogP contribution in [0.1, 0.15) is 19.1 Å². The smallest absolute Gasteiger partial charge is 0.790 e. The number of nitrogens with zero attached hydrogens (tertiary/aromatic N) is 4. The predicted octanol–water partition coefficient (Wildman–Crippen LogP) is -14.0. The molecule has 2 aromatic rings. The van der Waals surface area contributed by atoms with Crippen LogP contribution in [0.2, 0.25) is 0 Å². The number of aromatic nitrogens is 4. The monoisotopic (exact) mass is 579 g/mol. The van der Waals surface area contributed by atoms with Crippen LogP contribution in [0.25, 0.3) is 11.2 Å². The molecule has 0 amide bonds. The molecule has 3 heterocycles. The first-order valence-electron chi connectivity index (χ1n) is 7.65. The van der Waals surface area contributed by atoms with Crippen LogP contribution in [0.3, 0.4) is 0 Å². The third-order valence-corrected chi connectivity index (χ3v) is 8.18. The number of phosphoric acid groups is 2. The Balaban J connectivity index is 0. The van der Waals surface area contributed by atoms with Crippen molar-refractivity contribution in [2.24, 2.45) is 0 Å². The third-order valence-electron chi connectivity index (χ3n) is 3.60. The van der Waals surface area contributed by atoms with E-state index in [2.05, 4.69) is 35.4 Å². The summed E-state index contributed by atoms with van der Waals surface area (Å²) in [6.07, 6.45) is 2.43. The normalized spacial score (nSPS) is 21.5. The SMILES string of the molecule is Nc1ncnc2c1ncn2[C@H]1CC[C@@H](COP([O-])(=S)OP(=O)([O-])OP(=O)([O-])[O-])O1.[Na+].[Na+].[Na+].[Na+].